The summed E-state index contributed by atoms with van der Waals surface area (Å²) in [6, 6.07) is 12.9. The number of aliphatic hydroxyl groups excluding tert-OH is 1. The molecule has 3 amide bonds. The fourth-order valence-corrected chi connectivity index (χ4v) is 7.50. The topological polar surface area (TPSA) is 125 Å². The second-order valence-corrected chi connectivity index (χ2v) is 12.8. The van der Waals surface area contributed by atoms with Crippen molar-refractivity contribution in [2.24, 2.45) is 11.8 Å². The standard InChI is InChI=1S/C37H45N3O7/c1-6-8-14-30(42)38-21-25(5)46-36(45)31-29-17-18-37(47-29)32(31)34(43)40(28(22-41)26-12-10-9-11-13-26)33(37)35(44)39(19-7-2)27-20-23(3)15-16-24(27)4/h6-7,9-13,15-16,20,25,28-29,31-33,41H,1-2,8,14,17-19,21-22H2,3-5H3,(H,38,42)/t25-,28-,29-,31+,32+,33-,37+/m1/s1. The minimum Gasteiger partial charge on any atom is -0.460 e. The van der Waals surface area contributed by atoms with E-state index in [0.717, 1.165) is 11.1 Å². The summed E-state index contributed by atoms with van der Waals surface area (Å²) in [5.41, 5.74) is 1.89. The van der Waals surface area contributed by atoms with Gasteiger partial charge in [-0.1, -0.05) is 54.6 Å². The smallest absolute Gasteiger partial charge is 0.312 e. The highest BCUT2D eigenvalue weighted by molar-refractivity contribution is 6.05. The first-order valence-electron chi connectivity index (χ1n) is 16.3. The van der Waals surface area contributed by atoms with E-state index >= 15 is 0 Å². The normalized spacial score (nSPS) is 25.5. The Kier molecular flexibility index (Phi) is 10.3. The lowest BCUT2D eigenvalue weighted by molar-refractivity contribution is -0.159. The molecule has 7 atom stereocenters. The van der Waals surface area contributed by atoms with Gasteiger partial charge in [0, 0.05) is 18.7 Å². The molecule has 0 radical (unpaired) electrons. The summed E-state index contributed by atoms with van der Waals surface area (Å²) in [4.78, 5) is 58.7. The zero-order chi connectivity index (χ0) is 33.9. The Morgan fingerprint density at radius 1 is 1.17 bits per heavy atom. The number of hydrogen-bond acceptors (Lipinski definition) is 7. The van der Waals surface area contributed by atoms with Gasteiger partial charge >= 0.3 is 5.97 Å². The number of carbonyl (C=O) groups is 4. The maximum absolute atomic E-state index is 15.0. The number of aryl methyl sites for hydroxylation is 2. The van der Waals surface area contributed by atoms with E-state index in [-0.39, 0.29) is 31.3 Å². The first-order chi connectivity index (χ1) is 22.6. The van der Waals surface area contributed by atoms with E-state index in [1.807, 2.05) is 62.4 Å². The SMILES string of the molecule is C=CCCC(=O)NC[C@@H](C)OC(=O)[C@@H]1[C@H]2C(=O)N([C@H](CO)c3ccccc3)[C@H](C(=O)N(CC=C)c3cc(C)ccc3C)[C@]23CC[C@H]1O3. The molecule has 3 aliphatic heterocycles. The van der Waals surface area contributed by atoms with E-state index in [4.69, 9.17) is 9.47 Å². The quantitative estimate of drug-likeness (QED) is 0.236. The average molecular weight is 644 g/mol. The predicted octanol–water partition coefficient (Wildman–Crippen LogP) is 3.94. The number of hydrogen-bond donors (Lipinski definition) is 2. The number of carbonyl (C=O) groups excluding carboxylic acids is 4. The molecule has 3 fully saturated rings. The zero-order valence-electron chi connectivity index (χ0n) is 27.4. The summed E-state index contributed by atoms with van der Waals surface area (Å²) in [5.74, 6) is -3.51. The Bertz CT molecular complexity index is 1530. The predicted molar refractivity (Wildman–Crippen MR) is 177 cm³/mol. The van der Waals surface area contributed by atoms with Crippen molar-refractivity contribution >= 4 is 29.4 Å². The van der Waals surface area contributed by atoms with Crippen LogP contribution in [-0.2, 0) is 28.7 Å². The number of fused-ring (bicyclic) bond motifs is 1. The number of esters is 1. The summed E-state index contributed by atoms with van der Waals surface area (Å²) in [5, 5.41) is 13.5. The Balaban J connectivity index is 1.52. The fraction of sp³-hybridized carbons (Fsp3) is 0.459. The highest BCUT2D eigenvalue weighted by Gasteiger charge is 2.76. The van der Waals surface area contributed by atoms with Gasteiger partial charge in [-0.15, -0.1) is 13.2 Å². The van der Waals surface area contributed by atoms with E-state index in [1.165, 1.54) is 4.90 Å². The number of benzene rings is 2. The molecule has 3 aliphatic rings. The van der Waals surface area contributed by atoms with E-state index in [0.29, 0.717) is 30.5 Å². The van der Waals surface area contributed by atoms with Crippen LogP contribution in [0.4, 0.5) is 5.69 Å². The maximum Gasteiger partial charge on any atom is 0.312 e. The molecule has 2 N–H and O–H groups in total. The van der Waals surface area contributed by atoms with Crippen LogP contribution in [0.1, 0.15) is 55.3 Å². The van der Waals surface area contributed by atoms with Gasteiger partial charge in [0.2, 0.25) is 11.8 Å². The number of nitrogens with one attached hydrogen (secondary N) is 1. The third kappa shape index (κ3) is 6.36. The molecular formula is C37H45N3O7. The summed E-state index contributed by atoms with van der Waals surface area (Å²) in [6.45, 7) is 12.9. The molecule has 250 valence electrons. The Morgan fingerprint density at radius 2 is 1.91 bits per heavy atom. The highest BCUT2D eigenvalue weighted by Crippen LogP contribution is 2.60. The number of anilines is 1. The molecule has 0 unspecified atom stereocenters. The van der Waals surface area contributed by atoms with Crippen molar-refractivity contribution in [3.63, 3.8) is 0 Å². The Labute approximate surface area is 276 Å². The molecule has 2 aromatic rings. The van der Waals surface area contributed by atoms with E-state index in [2.05, 4.69) is 18.5 Å². The van der Waals surface area contributed by atoms with Crippen molar-refractivity contribution in [3.05, 3.63) is 90.5 Å². The Morgan fingerprint density at radius 3 is 2.60 bits per heavy atom. The number of aliphatic hydroxyl groups is 1. The molecule has 10 heteroatoms. The first kappa shape index (κ1) is 34.1. The summed E-state index contributed by atoms with van der Waals surface area (Å²) in [7, 11) is 0. The number of amides is 3. The van der Waals surface area contributed by atoms with Crippen molar-refractivity contribution in [2.75, 3.05) is 24.6 Å². The molecule has 10 nitrogen and oxygen atoms in total. The maximum atomic E-state index is 15.0. The lowest BCUT2D eigenvalue weighted by Gasteiger charge is -2.39. The largest absolute Gasteiger partial charge is 0.460 e. The van der Waals surface area contributed by atoms with Crippen LogP contribution in [0.5, 0.6) is 0 Å². The van der Waals surface area contributed by atoms with Crippen LogP contribution in [0.2, 0.25) is 0 Å². The van der Waals surface area contributed by atoms with Crippen LogP contribution in [-0.4, -0.2) is 77.2 Å². The molecule has 3 saturated heterocycles. The van der Waals surface area contributed by atoms with E-state index in [1.54, 1.807) is 24.0 Å². The Hall–Kier alpha value is -4.28. The monoisotopic (exact) mass is 643 g/mol. The van der Waals surface area contributed by atoms with Gasteiger partial charge < -0.3 is 29.7 Å². The molecule has 2 bridgehead atoms. The molecular weight excluding hydrogens is 598 g/mol. The lowest BCUT2D eigenvalue weighted by atomic mass is 9.70. The molecule has 3 heterocycles. The van der Waals surface area contributed by atoms with Crippen LogP contribution < -0.4 is 10.2 Å². The number of likely N-dealkylation sites (tertiary alicyclic amines) is 1. The molecule has 5 rings (SSSR count). The van der Waals surface area contributed by atoms with Crippen LogP contribution in [0.3, 0.4) is 0 Å². The zero-order valence-corrected chi connectivity index (χ0v) is 27.4. The minimum absolute atomic E-state index is 0.115. The van der Waals surface area contributed by atoms with E-state index < -0.39 is 60.2 Å². The van der Waals surface area contributed by atoms with Crippen molar-refractivity contribution < 1.29 is 33.8 Å². The van der Waals surface area contributed by atoms with Gasteiger partial charge in [0.05, 0.1) is 37.1 Å². The molecule has 1 spiro atoms. The van der Waals surface area contributed by atoms with Gasteiger partial charge in [0.15, 0.2) is 0 Å². The van der Waals surface area contributed by atoms with Crippen LogP contribution in [0.25, 0.3) is 0 Å². The molecule has 0 aliphatic carbocycles. The summed E-state index contributed by atoms with van der Waals surface area (Å²) >= 11 is 0. The number of allylic oxidation sites excluding steroid dienone is 1. The highest BCUT2D eigenvalue weighted by atomic mass is 16.6. The van der Waals surface area contributed by atoms with Crippen molar-refractivity contribution in [1.82, 2.24) is 10.2 Å². The van der Waals surface area contributed by atoms with Gasteiger partial charge in [-0.2, -0.15) is 0 Å². The number of ether oxygens (including phenoxy) is 2. The fourth-order valence-electron chi connectivity index (χ4n) is 7.50. The van der Waals surface area contributed by atoms with Crippen LogP contribution >= 0.6 is 0 Å². The number of nitrogens with zero attached hydrogens (tertiary/aromatic N) is 2. The van der Waals surface area contributed by atoms with E-state index in [9.17, 15) is 24.3 Å². The molecule has 0 aromatic heterocycles. The summed E-state index contributed by atoms with van der Waals surface area (Å²) < 4.78 is 12.4. The number of rotatable bonds is 14. The molecule has 47 heavy (non-hydrogen) atoms. The molecule has 2 aromatic carbocycles. The third-order valence-corrected chi connectivity index (χ3v) is 9.65. The van der Waals surface area contributed by atoms with Crippen LogP contribution in [0.15, 0.2) is 73.8 Å². The van der Waals surface area contributed by atoms with Crippen LogP contribution in [0, 0.1) is 25.7 Å². The van der Waals surface area contributed by atoms with Gasteiger partial charge in [-0.3, -0.25) is 19.2 Å². The first-order valence-corrected chi connectivity index (χ1v) is 16.3. The van der Waals surface area contributed by atoms with Gasteiger partial charge in [0.1, 0.15) is 17.7 Å². The van der Waals surface area contributed by atoms with Crippen molar-refractivity contribution in [1.29, 1.82) is 0 Å². The average Bonchev–Trinajstić information content (AvgIpc) is 3.71. The third-order valence-electron chi connectivity index (χ3n) is 9.65. The molecule has 0 saturated carbocycles. The second-order valence-electron chi connectivity index (χ2n) is 12.8. The van der Waals surface area contributed by atoms with Crippen molar-refractivity contribution in [3.8, 4) is 0 Å². The van der Waals surface area contributed by atoms with Gasteiger partial charge in [-0.05, 0) is 62.8 Å². The summed E-state index contributed by atoms with van der Waals surface area (Å²) in [6.07, 6.45) is 3.71. The second kappa shape index (κ2) is 14.2. The minimum atomic E-state index is -1.30. The van der Waals surface area contributed by atoms with Gasteiger partial charge in [-0.25, -0.2) is 0 Å². The lowest BCUT2D eigenvalue weighted by Crippen LogP contribution is -2.57. The van der Waals surface area contributed by atoms with Crippen molar-refractivity contribution in [2.45, 2.75) is 76.3 Å². The van der Waals surface area contributed by atoms with Gasteiger partial charge in [0.25, 0.3) is 5.91 Å².